The lowest BCUT2D eigenvalue weighted by Gasteiger charge is -2.43. The van der Waals surface area contributed by atoms with Crippen molar-refractivity contribution in [3.63, 3.8) is 0 Å². The molecule has 0 aromatic heterocycles. The Morgan fingerprint density at radius 2 is 1.74 bits per heavy atom. The van der Waals surface area contributed by atoms with Crippen molar-refractivity contribution in [2.45, 2.75) is 104 Å². The molecule has 1 atom stereocenters. The molecule has 2 heteroatoms. The van der Waals surface area contributed by atoms with Crippen LogP contribution < -0.4 is 0 Å². The highest BCUT2D eigenvalue weighted by molar-refractivity contribution is 6.77. The second-order valence-corrected chi connectivity index (χ2v) is 13.6. The van der Waals surface area contributed by atoms with E-state index in [1.54, 1.807) is 0 Å². The molecule has 0 radical (unpaired) electrons. The van der Waals surface area contributed by atoms with Crippen molar-refractivity contribution in [3.05, 3.63) is 24.0 Å². The van der Waals surface area contributed by atoms with Gasteiger partial charge in [-0.2, -0.15) is 0 Å². The van der Waals surface area contributed by atoms with Crippen LogP contribution in [0.1, 0.15) is 87.0 Å². The van der Waals surface area contributed by atoms with Crippen molar-refractivity contribution in [1.29, 1.82) is 0 Å². The zero-order chi connectivity index (χ0) is 17.5. The first-order chi connectivity index (χ1) is 10.8. The van der Waals surface area contributed by atoms with Gasteiger partial charge in [0, 0.05) is 6.42 Å². The fourth-order valence-electron chi connectivity index (χ4n) is 4.33. The smallest absolute Gasteiger partial charge is 0.258 e. The zero-order valence-corrected chi connectivity index (χ0v) is 17.7. The van der Waals surface area contributed by atoms with Gasteiger partial charge >= 0.3 is 0 Å². The normalized spacial score (nSPS) is 19.9. The van der Waals surface area contributed by atoms with Crippen molar-refractivity contribution in [3.8, 4) is 0 Å². The summed E-state index contributed by atoms with van der Waals surface area (Å²) in [5.74, 6) is 1.89. The van der Waals surface area contributed by atoms with Gasteiger partial charge in [-0.25, -0.2) is 0 Å². The maximum atomic E-state index is 6.89. The van der Waals surface area contributed by atoms with Crippen LogP contribution >= 0.6 is 0 Å². The van der Waals surface area contributed by atoms with Crippen molar-refractivity contribution in [2.75, 3.05) is 0 Å². The summed E-state index contributed by atoms with van der Waals surface area (Å²) in [7, 11) is -1.78. The van der Waals surface area contributed by atoms with E-state index in [2.05, 4.69) is 66.7 Å². The molecule has 1 nitrogen and oxygen atoms in total. The van der Waals surface area contributed by atoms with Gasteiger partial charge in [0.2, 0.25) is 0 Å². The zero-order valence-electron chi connectivity index (χ0n) is 16.7. The first kappa shape index (κ1) is 20.5. The average molecular weight is 337 g/mol. The number of unbranched alkanes of at least 4 members (excludes halogenated alkanes) is 2. The largest absolute Gasteiger partial charge is 0.546 e. The molecule has 134 valence electrons. The summed E-state index contributed by atoms with van der Waals surface area (Å²) < 4.78 is 6.89. The fraction of sp³-hybridized carbons (Fsp3) is 0.810. The maximum absolute atomic E-state index is 6.89. The molecular weight excluding hydrogens is 296 g/mol. The Labute approximate surface area is 146 Å². The minimum atomic E-state index is -1.78. The summed E-state index contributed by atoms with van der Waals surface area (Å²) in [6.07, 6.45) is 14.7. The van der Waals surface area contributed by atoms with E-state index in [1.807, 2.05) is 0 Å². The quantitative estimate of drug-likeness (QED) is 0.239. The molecule has 0 N–H and O–H groups in total. The van der Waals surface area contributed by atoms with Gasteiger partial charge in [-0.15, -0.1) is 0 Å². The molecular formula is C21H40OSi. The van der Waals surface area contributed by atoms with Crippen LogP contribution in [-0.4, -0.2) is 8.32 Å². The molecule has 0 aromatic rings. The van der Waals surface area contributed by atoms with Crippen LogP contribution in [0.25, 0.3) is 0 Å². The van der Waals surface area contributed by atoms with Crippen LogP contribution in [0.5, 0.6) is 0 Å². The molecule has 0 bridgehead atoms. The van der Waals surface area contributed by atoms with E-state index in [1.165, 1.54) is 37.9 Å². The molecule has 1 aliphatic carbocycles. The number of hydrogen-bond donors (Lipinski definition) is 0. The predicted molar refractivity (Wildman–Crippen MR) is 106 cm³/mol. The van der Waals surface area contributed by atoms with Gasteiger partial charge in [0.25, 0.3) is 8.32 Å². The Morgan fingerprint density at radius 1 is 1.13 bits per heavy atom. The summed E-state index contributed by atoms with van der Waals surface area (Å²) in [5, 5.41) is 0. The van der Waals surface area contributed by atoms with Crippen molar-refractivity contribution in [2.24, 2.45) is 5.92 Å². The molecule has 1 unspecified atom stereocenters. The Balaban J connectivity index is 2.86. The third-order valence-electron chi connectivity index (χ3n) is 5.48. The molecule has 0 fully saturated rings. The Kier molecular flexibility index (Phi) is 8.67. The van der Waals surface area contributed by atoms with Crippen LogP contribution in [0.2, 0.25) is 16.6 Å². The number of rotatable bonds is 9. The van der Waals surface area contributed by atoms with E-state index in [4.69, 9.17) is 4.43 Å². The van der Waals surface area contributed by atoms with Gasteiger partial charge < -0.3 is 4.43 Å². The number of allylic oxidation sites excluding steroid dienone is 4. The minimum absolute atomic E-state index is 0.591. The van der Waals surface area contributed by atoms with Crippen molar-refractivity contribution in [1.82, 2.24) is 0 Å². The third kappa shape index (κ3) is 5.51. The van der Waals surface area contributed by atoms with Crippen LogP contribution in [0, 0.1) is 5.92 Å². The topological polar surface area (TPSA) is 9.23 Å². The van der Waals surface area contributed by atoms with E-state index in [9.17, 15) is 0 Å². The van der Waals surface area contributed by atoms with Crippen LogP contribution in [0.15, 0.2) is 24.0 Å². The molecule has 0 aliphatic heterocycles. The molecule has 0 aromatic carbocycles. The lowest BCUT2D eigenvalue weighted by molar-refractivity contribution is 0.333. The highest BCUT2D eigenvalue weighted by Crippen LogP contribution is 2.44. The molecule has 0 spiro atoms. The second kappa shape index (κ2) is 9.71. The second-order valence-electron chi connectivity index (χ2n) is 8.18. The van der Waals surface area contributed by atoms with E-state index in [0.717, 1.165) is 6.42 Å². The summed E-state index contributed by atoms with van der Waals surface area (Å²) >= 11 is 0. The standard InChI is InChI=1S/C21H40OSi/c1-8-9-10-11-13-20-14-12-15-21(16-20)22-23(17(2)3,18(4)5)19(6)7/h11,13,16-20H,8-10,12,14-15H2,1-7H3/b13-11+. The highest BCUT2D eigenvalue weighted by atomic mass is 28.4. The van der Waals surface area contributed by atoms with Gasteiger partial charge in [0.15, 0.2) is 0 Å². The van der Waals surface area contributed by atoms with Crippen LogP contribution in [0.3, 0.4) is 0 Å². The molecule has 1 rings (SSSR count). The first-order valence-electron chi connectivity index (χ1n) is 9.90. The van der Waals surface area contributed by atoms with E-state index in [0.29, 0.717) is 22.5 Å². The summed E-state index contributed by atoms with van der Waals surface area (Å²) in [6, 6.07) is 0. The molecule has 23 heavy (non-hydrogen) atoms. The van der Waals surface area contributed by atoms with E-state index < -0.39 is 8.32 Å². The average Bonchev–Trinajstić information content (AvgIpc) is 2.48. The predicted octanol–water partition coefficient (Wildman–Crippen LogP) is 7.61. The molecule has 0 heterocycles. The monoisotopic (exact) mass is 336 g/mol. The molecule has 1 aliphatic rings. The molecule has 0 saturated heterocycles. The summed E-state index contributed by atoms with van der Waals surface area (Å²) in [5.41, 5.74) is 1.97. The minimum Gasteiger partial charge on any atom is -0.546 e. The lowest BCUT2D eigenvalue weighted by Crippen LogP contribution is -2.47. The van der Waals surface area contributed by atoms with Gasteiger partial charge in [-0.1, -0.05) is 73.5 Å². The third-order valence-corrected chi connectivity index (χ3v) is 11.5. The van der Waals surface area contributed by atoms with Crippen LogP contribution in [-0.2, 0) is 4.43 Å². The SMILES string of the molecule is CCCC/C=C/C1C=C(O[Si](C(C)C)(C(C)C)C(C)C)CCC1. The van der Waals surface area contributed by atoms with Crippen molar-refractivity contribution < 1.29 is 4.43 Å². The molecule has 0 saturated carbocycles. The van der Waals surface area contributed by atoms with E-state index in [-0.39, 0.29) is 0 Å². The van der Waals surface area contributed by atoms with Crippen molar-refractivity contribution >= 4 is 8.32 Å². The Bertz CT molecular complexity index is 371. The molecule has 0 amide bonds. The summed E-state index contributed by atoms with van der Waals surface area (Å²) in [6.45, 7) is 16.5. The lowest BCUT2D eigenvalue weighted by atomic mass is 9.94. The number of hydrogen-bond acceptors (Lipinski definition) is 1. The summed E-state index contributed by atoms with van der Waals surface area (Å²) in [4.78, 5) is 0. The first-order valence-corrected chi connectivity index (χ1v) is 12.0. The van der Waals surface area contributed by atoms with Gasteiger partial charge in [0.05, 0.1) is 5.76 Å². The Morgan fingerprint density at radius 3 is 2.26 bits per heavy atom. The van der Waals surface area contributed by atoms with Gasteiger partial charge in [-0.3, -0.25) is 0 Å². The fourth-order valence-corrected chi connectivity index (χ4v) is 9.66. The Hall–Kier alpha value is -0.503. The highest BCUT2D eigenvalue weighted by Gasteiger charge is 2.47. The van der Waals surface area contributed by atoms with Crippen LogP contribution in [0.4, 0.5) is 0 Å². The van der Waals surface area contributed by atoms with Gasteiger partial charge in [-0.05, 0) is 47.9 Å². The van der Waals surface area contributed by atoms with Gasteiger partial charge in [0.1, 0.15) is 0 Å². The van der Waals surface area contributed by atoms with E-state index >= 15 is 0 Å². The maximum Gasteiger partial charge on any atom is 0.258 e.